The van der Waals surface area contributed by atoms with Gasteiger partial charge < -0.3 is 16.4 Å². The van der Waals surface area contributed by atoms with Crippen LogP contribution >= 0.6 is 0 Å². The van der Waals surface area contributed by atoms with Crippen LogP contribution in [0.2, 0.25) is 0 Å². The monoisotopic (exact) mass is 254 g/mol. The summed E-state index contributed by atoms with van der Waals surface area (Å²) in [6, 6.07) is 0. The Labute approximate surface area is 103 Å². The van der Waals surface area contributed by atoms with Crippen LogP contribution in [0.5, 0.6) is 0 Å². The molecule has 0 saturated heterocycles. The maximum atomic E-state index is 10.9. The summed E-state index contributed by atoms with van der Waals surface area (Å²) >= 11 is 0. The average Bonchev–Trinajstić information content (AvgIpc) is 2.33. The molecule has 1 aromatic rings. The van der Waals surface area contributed by atoms with Crippen molar-refractivity contribution in [1.29, 1.82) is 0 Å². The number of nitro groups is 1. The SMILES string of the molecule is CNc1ncnc(NCCCC(N)=O)c1[N+](=O)[O-]. The molecule has 0 radical (unpaired) electrons. The summed E-state index contributed by atoms with van der Waals surface area (Å²) in [5.41, 5.74) is 4.76. The average molecular weight is 254 g/mol. The minimum absolute atomic E-state index is 0.115. The van der Waals surface area contributed by atoms with Crippen molar-refractivity contribution >= 4 is 23.2 Å². The molecule has 0 bridgehead atoms. The van der Waals surface area contributed by atoms with Gasteiger partial charge in [0, 0.05) is 20.0 Å². The molecule has 1 rings (SSSR count). The van der Waals surface area contributed by atoms with Crippen molar-refractivity contribution < 1.29 is 9.72 Å². The van der Waals surface area contributed by atoms with Crippen molar-refractivity contribution in [3.63, 3.8) is 0 Å². The van der Waals surface area contributed by atoms with Crippen LogP contribution in [0.15, 0.2) is 6.33 Å². The van der Waals surface area contributed by atoms with Crippen LogP contribution in [0.3, 0.4) is 0 Å². The van der Waals surface area contributed by atoms with E-state index in [-0.39, 0.29) is 23.7 Å². The van der Waals surface area contributed by atoms with Gasteiger partial charge in [-0.25, -0.2) is 9.97 Å². The van der Waals surface area contributed by atoms with Gasteiger partial charge in [-0.05, 0) is 6.42 Å². The first kappa shape index (κ1) is 13.6. The highest BCUT2D eigenvalue weighted by atomic mass is 16.6. The topological polar surface area (TPSA) is 136 Å². The van der Waals surface area contributed by atoms with E-state index in [9.17, 15) is 14.9 Å². The minimum atomic E-state index is -0.567. The van der Waals surface area contributed by atoms with Crippen molar-refractivity contribution in [3.8, 4) is 0 Å². The van der Waals surface area contributed by atoms with Gasteiger partial charge in [0.2, 0.25) is 17.5 Å². The molecule has 0 aliphatic heterocycles. The fourth-order valence-corrected chi connectivity index (χ4v) is 1.33. The second-order valence-corrected chi connectivity index (χ2v) is 3.42. The molecule has 1 heterocycles. The third-order valence-corrected chi connectivity index (χ3v) is 2.13. The van der Waals surface area contributed by atoms with Crippen LogP contribution < -0.4 is 16.4 Å². The van der Waals surface area contributed by atoms with Gasteiger partial charge in [0.05, 0.1) is 4.92 Å². The lowest BCUT2D eigenvalue weighted by Crippen LogP contribution is -2.14. The van der Waals surface area contributed by atoms with Crippen LogP contribution in [0.1, 0.15) is 12.8 Å². The lowest BCUT2D eigenvalue weighted by Gasteiger charge is -2.07. The Balaban J connectivity index is 2.75. The highest BCUT2D eigenvalue weighted by Gasteiger charge is 2.21. The number of nitrogens with one attached hydrogen (secondary N) is 2. The number of carbonyl (C=O) groups excluding carboxylic acids is 1. The molecule has 0 atom stereocenters. The van der Waals surface area contributed by atoms with Crippen LogP contribution in [0.4, 0.5) is 17.3 Å². The number of carbonyl (C=O) groups is 1. The Kier molecular flexibility index (Phi) is 4.78. The normalized spacial score (nSPS) is 9.83. The fraction of sp³-hybridized carbons (Fsp3) is 0.444. The molecule has 0 fully saturated rings. The molecule has 4 N–H and O–H groups in total. The number of primary amides is 1. The fourth-order valence-electron chi connectivity index (χ4n) is 1.33. The molecule has 0 aromatic carbocycles. The molecule has 98 valence electrons. The molecule has 0 aliphatic rings. The largest absolute Gasteiger partial charge is 0.370 e. The van der Waals surface area contributed by atoms with E-state index in [0.29, 0.717) is 13.0 Å². The number of hydrogen-bond donors (Lipinski definition) is 3. The van der Waals surface area contributed by atoms with Crippen LogP contribution in [-0.4, -0.2) is 34.4 Å². The van der Waals surface area contributed by atoms with E-state index in [2.05, 4.69) is 20.6 Å². The van der Waals surface area contributed by atoms with Gasteiger partial charge in [0.25, 0.3) is 0 Å². The van der Waals surface area contributed by atoms with Gasteiger partial charge in [-0.3, -0.25) is 14.9 Å². The minimum Gasteiger partial charge on any atom is -0.370 e. The summed E-state index contributed by atoms with van der Waals surface area (Å²) in [7, 11) is 1.53. The van der Waals surface area contributed by atoms with Gasteiger partial charge in [-0.1, -0.05) is 0 Å². The Morgan fingerprint density at radius 3 is 2.72 bits per heavy atom. The molecular weight excluding hydrogens is 240 g/mol. The number of aromatic nitrogens is 2. The van der Waals surface area contributed by atoms with Gasteiger partial charge in [0.1, 0.15) is 6.33 Å². The van der Waals surface area contributed by atoms with Crippen molar-refractivity contribution in [1.82, 2.24) is 9.97 Å². The molecule has 0 unspecified atom stereocenters. The predicted octanol–water partition coefficient (Wildman–Crippen LogP) is 0.104. The zero-order chi connectivity index (χ0) is 13.5. The quantitative estimate of drug-likeness (QED) is 0.356. The summed E-state index contributed by atoms with van der Waals surface area (Å²) in [5, 5.41) is 16.3. The molecular formula is C9H14N6O3. The van der Waals surface area contributed by atoms with Crippen LogP contribution in [0.25, 0.3) is 0 Å². The number of amides is 1. The Morgan fingerprint density at radius 1 is 1.50 bits per heavy atom. The third kappa shape index (κ3) is 3.54. The standard InChI is InChI=1S/C9H14N6O3/c1-11-8-7(15(17)18)9(14-5-13-8)12-4-2-3-6(10)16/h5H,2-4H2,1H3,(H2,10,16)(H2,11,12,13,14). The summed E-state index contributed by atoms with van der Waals surface area (Å²) in [6.07, 6.45) is 1.91. The maximum absolute atomic E-state index is 10.9. The van der Waals surface area contributed by atoms with Crippen molar-refractivity contribution in [2.45, 2.75) is 12.8 Å². The number of anilines is 2. The highest BCUT2D eigenvalue weighted by Crippen LogP contribution is 2.28. The Bertz CT molecular complexity index is 450. The Morgan fingerprint density at radius 2 is 2.17 bits per heavy atom. The predicted molar refractivity (Wildman–Crippen MR) is 65.2 cm³/mol. The van der Waals surface area contributed by atoms with E-state index in [4.69, 9.17) is 5.73 Å². The first-order valence-corrected chi connectivity index (χ1v) is 5.25. The smallest absolute Gasteiger partial charge is 0.353 e. The number of hydrogen-bond acceptors (Lipinski definition) is 7. The van der Waals surface area contributed by atoms with E-state index in [1.165, 1.54) is 13.4 Å². The summed E-state index contributed by atoms with van der Waals surface area (Å²) in [4.78, 5) is 28.4. The van der Waals surface area contributed by atoms with Crippen molar-refractivity contribution in [2.75, 3.05) is 24.2 Å². The zero-order valence-corrected chi connectivity index (χ0v) is 9.84. The van der Waals surface area contributed by atoms with Crippen LogP contribution in [-0.2, 0) is 4.79 Å². The van der Waals surface area contributed by atoms with E-state index in [0.717, 1.165) is 0 Å². The number of nitrogens with zero attached hydrogens (tertiary/aromatic N) is 3. The van der Waals surface area contributed by atoms with E-state index in [1.54, 1.807) is 0 Å². The van der Waals surface area contributed by atoms with Crippen LogP contribution in [0, 0.1) is 10.1 Å². The molecule has 1 amide bonds. The summed E-state index contributed by atoms with van der Waals surface area (Å²) in [6.45, 7) is 0.365. The van der Waals surface area contributed by atoms with Gasteiger partial charge in [0.15, 0.2) is 0 Å². The van der Waals surface area contributed by atoms with Gasteiger partial charge >= 0.3 is 5.69 Å². The molecule has 0 aliphatic carbocycles. The van der Waals surface area contributed by atoms with Gasteiger partial charge in [-0.15, -0.1) is 0 Å². The third-order valence-electron chi connectivity index (χ3n) is 2.13. The molecule has 0 saturated carbocycles. The van der Waals surface area contributed by atoms with Crippen molar-refractivity contribution in [2.24, 2.45) is 5.73 Å². The van der Waals surface area contributed by atoms with Crippen molar-refractivity contribution in [3.05, 3.63) is 16.4 Å². The number of rotatable bonds is 7. The van der Waals surface area contributed by atoms with E-state index >= 15 is 0 Å². The summed E-state index contributed by atoms with van der Waals surface area (Å²) < 4.78 is 0. The van der Waals surface area contributed by atoms with Gasteiger partial charge in [-0.2, -0.15) is 0 Å². The maximum Gasteiger partial charge on any atom is 0.353 e. The lowest BCUT2D eigenvalue weighted by atomic mass is 10.3. The molecule has 9 heteroatoms. The highest BCUT2D eigenvalue weighted by molar-refractivity contribution is 5.73. The molecule has 0 spiro atoms. The molecule has 18 heavy (non-hydrogen) atoms. The Hall–Kier alpha value is -2.45. The first-order chi connectivity index (χ1) is 8.56. The van der Waals surface area contributed by atoms with E-state index in [1.807, 2.05) is 0 Å². The second-order valence-electron chi connectivity index (χ2n) is 3.42. The van der Waals surface area contributed by atoms with E-state index < -0.39 is 10.8 Å². The molecule has 9 nitrogen and oxygen atoms in total. The second kappa shape index (κ2) is 6.33. The number of nitrogens with two attached hydrogens (primary N) is 1. The lowest BCUT2D eigenvalue weighted by molar-refractivity contribution is -0.383. The first-order valence-electron chi connectivity index (χ1n) is 5.25. The molecule has 1 aromatic heterocycles. The zero-order valence-electron chi connectivity index (χ0n) is 9.84. The summed E-state index contributed by atoms with van der Waals surface area (Å²) in [5.74, 6) is -0.166.